The van der Waals surface area contributed by atoms with Crippen molar-refractivity contribution >= 4 is 11.6 Å². The van der Waals surface area contributed by atoms with Gasteiger partial charge in [-0.05, 0) is 0 Å². The number of aromatic nitrogens is 2. The van der Waals surface area contributed by atoms with E-state index < -0.39 is 0 Å². The number of quaternary nitrogens is 1. The van der Waals surface area contributed by atoms with Gasteiger partial charge in [-0.15, -0.1) is 0 Å². The third-order valence-electron chi connectivity index (χ3n) is 1.36. The number of hydrogen-bond donors (Lipinski definition) is 1. The molecule has 0 spiro atoms. The number of hydrogen-bond acceptors (Lipinski definition) is 3. The second-order valence-electron chi connectivity index (χ2n) is 3.31. The molecule has 0 aliphatic heterocycles. The van der Waals surface area contributed by atoms with Crippen molar-refractivity contribution in [2.24, 2.45) is 0 Å². The number of nitrogens with zero attached hydrogens (tertiary/aromatic N) is 3. The summed E-state index contributed by atoms with van der Waals surface area (Å²) in [5, 5.41) is 0. The standard InChI is InChI=1S/C7H13N4/c1-11(2,3)7-4-6(8)9-5-10-7/h4-5H,1-3H3,(H2,8,9,10)/q+1. The Morgan fingerprint density at radius 1 is 1.27 bits per heavy atom. The summed E-state index contributed by atoms with van der Waals surface area (Å²) >= 11 is 0. The predicted molar refractivity (Wildman–Crippen MR) is 46.0 cm³/mol. The van der Waals surface area contributed by atoms with E-state index in [2.05, 4.69) is 9.97 Å². The fraction of sp³-hybridized carbons (Fsp3) is 0.429. The lowest BCUT2D eigenvalue weighted by Gasteiger charge is -2.21. The van der Waals surface area contributed by atoms with Gasteiger partial charge in [-0.1, -0.05) is 0 Å². The smallest absolute Gasteiger partial charge is 0.232 e. The molecule has 0 fully saturated rings. The van der Waals surface area contributed by atoms with Gasteiger partial charge in [0, 0.05) is 0 Å². The fourth-order valence-corrected chi connectivity index (χ4v) is 0.728. The third kappa shape index (κ3) is 1.88. The van der Waals surface area contributed by atoms with Crippen molar-refractivity contribution in [2.45, 2.75) is 0 Å². The highest BCUT2D eigenvalue weighted by Crippen LogP contribution is 2.13. The van der Waals surface area contributed by atoms with Crippen LogP contribution in [0.3, 0.4) is 0 Å². The summed E-state index contributed by atoms with van der Waals surface area (Å²) in [6.45, 7) is 0. The van der Waals surface area contributed by atoms with Crippen LogP contribution in [0.4, 0.5) is 11.6 Å². The van der Waals surface area contributed by atoms with Gasteiger partial charge in [0.1, 0.15) is 12.1 Å². The molecule has 0 bridgehead atoms. The number of anilines is 1. The molecule has 0 aliphatic rings. The van der Waals surface area contributed by atoms with Gasteiger partial charge >= 0.3 is 0 Å². The van der Waals surface area contributed by atoms with Crippen molar-refractivity contribution in [3.8, 4) is 0 Å². The van der Waals surface area contributed by atoms with E-state index in [0.717, 1.165) is 5.82 Å². The van der Waals surface area contributed by atoms with Crippen LogP contribution in [-0.4, -0.2) is 31.1 Å². The molecule has 0 radical (unpaired) electrons. The Morgan fingerprint density at radius 2 is 1.91 bits per heavy atom. The monoisotopic (exact) mass is 153 g/mol. The highest BCUT2D eigenvalue weighted by Gasteiger charge is 2.13. The molecule has 0 aliphatic carbocycles. The summed E-state index contributed by atoms with van der Waals surface area (Å²) in [6.07, 6.45) is 1.48. The third-order valence-corrected chi connectivity index (χ3v) is 1.36. The molecule has 4 nitrogen and oxygen atoms in total. The quantitative estimate of drug-likeness (QED) is 0.589. The Hall–Kier alpha value is -1.16. The van der Waals surface area contributed by atoms with Crippen LogP contribution in [0.15, 0.2) is 12.4 Å². The van der Waals surface area contributed by atoms with Gasteiger partial charge in [-0.25, -0.2) is 4.98 Å². The van der Waals surface area contributed by atoms with Crippen molar-refractivity contribution in [2.75, 3.05) is 26.9 Å². The zero-order chi connectivity index (χ0) is 8.48. The van der Waals surface area contributed by atoms with E-state index in [4.69, 9.17) is 5.73 Å². The summed E-state index contributed by atoms with van der Waals surface area (Å²) in [5.41, 5.74) is 5.49. The normalized spacial score (nSPS) is 11.5. The summed E-state index contributed by atoms with van der Waals surface area (Å²) < 4.78 is 0.659. The predicted octanol–water partition coefficient (Wildman–Crippen LogP) is 0.255. The highest BCUT2D eigenvalue weighted by atomic mass is 15.3. The summed E-state index contributed by atoms with van der Waals surface area (Å²) in [7, 11) is 6.09. The van der Waals surface area contributed by atoms with Crippen LogP contribution in [0.1, 0.15) is 0 Å². The van der Waals surface area contributed by atoms with E-state index in [9.17, 15) is 0 Å². The minimum absolute atomic E-state index is 0.517. The topological polar surface area (TPSA) is 51.8 Å². The molecule has 1 heterocycles. The summed E-state index contributed by atoms with van der Waals surface area (Å²) in [6, 6.07) is 1.78. The van der Waals surface area contributed by atoms with Crippen LogP contribution >= 0.6 is 0 Å². The molecule has 0 amide bonds. The van der Waals surface area contributed by atoms with Gasteiger partial charge < -0.3 is 5.73 Å². The molecule has 0 unspecified atom stereocenters. The van der Waals surface area contributed by atoms with Crippen molar-refractivity contribution in [3.63, 3.8) is 0 Å². The fourth-order valence-electron chi connectivity index (χ4n) is 0.728. The molecule has 0 atom stereocenters. The highest BCUT2D eigenvalue weighted by molar-refractivity contribution is 5.41. The Balaban J connectivity index is 3.06. The Bertz CT molecular complexity index is 251. The van der Waals surface area contributed by atoms with E-state index in [1.54, 1.807) is 6.07 Å². The lowest BCUT2D eigenvalue weighted by Crippen LogP contribution is -2.35. The van der Waals surface area contributed by atoms with Crippen molar-refractivity contribution < 1.29 is 0 Å². The molecule has 0 saturated heterocycles. The van der Waals surface area contributed by atoms with Crippen molar-refractivity contribution in [1.29, 1.82) is 0 Å². The first-order valence-electron chi connectivity index (χ1n) is 3.39. The minimum atomic E-state index is 0.517. The summed E-state index contributed by atoms with van der Waals surface area (Å²) in [5.74, 6) is 1.43. The first-order valence-corrected chi connectivity index (χ1v) is 3.39. The number of rotatable bonds is 1. The molecule has 4 heteroatoms. The Morgan fingerprint density at radius 3 is 2.27 bits per heavy atom. The van der Waals surface area contributed by atoms with Gasteiger partial charge in [0.25, 0.3) is 0 Å². The van der Waals surface area contributed by atoms with Gasteiger partial charge in [0.15, 0.2) is 0 Å². The lowest BCUT2D eigenvalue weighted by molar-refractivity contribution is 0.472. The zero-order valence-corrected chi connectivity index (χ0v) is 7.07. The average Bonchev–Trinajstić information content (AvgIpc) is 1.86. The van der Waals surface area contributed by atoms with Gasteiger partial charge in [0.2, 0.25) is 5.82 Å². The van der Waals surface area contributed by atoms with Crippen LogP contribution in [0.25, 0.3) is 0 Å². The van der Waals surface area contributed by atoms with Crippen molar-refractivity contribution in [3.05, 3.63) is 12.4 Å². The molecule has 0 saturated carbocycles. The molecular weight excluding hydrogens is 140 g/mol. The van der Waals surface area contributed by atoms with E-state index in [1.807, 2.05) is 21.1 Å². The molecule has 1 rings (SSSR count). The average molecular weight is 153 g/mol. The SMILES string of the molecule is C[N+](C)(C)c1cc(N)ncn1. The largest absolute Gasteiger partial charge is 0.383 e. The maximum Gasteiger partial charge on any atom is 0.232 e. The van der Waals surface area contributed by atoms with Crippen molar-refractivity contribution in [1.82, 2.24) is 14.5 Å². The van der Waals surface area contributed by atoms with E-state index in [-0.39, 0.29) is 0 Å². The van der Waals surface area contributed by atoms with E-state index >= 15 is 0 Å². The second kappa shape index (κ2) is 2.47. The minimum Gasteiger partial charge on any atom is -0.383 e. The lowest BCUT2D eigenvalue weighted by atomic mass is 10.4. The van der Waals surface area contributed by atoms with Gasteiger partial charge in [-0.2, -0.15) is 4.98 Å². The number of nitrogens with two attached hydrogens (primary N) is 1. The Labute approximate surface area is 66.3 Å². The molecule has 1 aromatic rings. The summed E-state index contributed by atoms with van der Waals surface area (Å²) in [4.78, 5) is 7.90. The van der Waals surface area contributed by atoms with E-state index in [1.165, 1.54) is 6.33 Å². The first kappa shape index (κ1) is 7.94. The second-order valence-corrected chi connectivity index (χ2v) is 3.31. The Kier molecular flexibility index (Phi) is 1.78. The number of nitrogen functional groups attached to an aromatic ring is 1. The maximum absolute atomic E-state index is 5.49. The van der Waals surface area contributed by atoms with Crippen LogP contribution in [0.2, 0.25) is 0 Å². The van der Waals surface area contributed by atoms with Gasteiger partial charge in [0.05, 0.1) is 27.2 Å². The molecule has 1 aromatic heterocycles. The molecule has 11 heavy (non-hydrogen) atoms. The van der Waals surface area contributed by atoms with E-state index in [0.29, 0.717) is 10.3 Å². The molecular formula is C7H13N4+. The molecule has 2 N–H and O–H groups in total. The molecule has 0 aromatic carbocycles. The first-order chi connectivity index (χ1) is 5.00. The van der Waals surface area contributed by atoms with Gasteiger partial charge in [-0.3, -0.25) is 4.48 Å². The maximum atomic E-state index is 5.49. The van der Waals surface area contributed by atoms with Crippen LogP contribution in [-0.2, 0) is 0 Å². The van der Waals surface area contributed by atoms with Crippen LogP contribution in [0.5, 0.6) is 0 Å². The van der Waals surface area contributed by atoms with Crippen LogP contribution in [0, 0.1) is 0 Å². The van der Waals surface area contributed by atoms with Crippen LogP contribution < -0.4 is 10.2 Å². The zero-order valence-electron chi connectivity index (χ0n) is 7.07. The molecule has 60 valence electrons.